The van der Waals surface area contributed by atoms with E-state index in [1.807, 2.05) is 12.3 Å². The minimum absolute atomic E-state index is 0. The van der Waals surface area contributed by atoms with Crippen LogP contribution in [-0.4, -0.2) is 23.5 Å². The van der Waals surface area contributed by atoms with E-state index < -0.39 is 7.26 Å². The SMILES string of the molecule is CCCC[P+](CCCC)(CCCC)Cc1ccccn1.[Br-]. The van der Waals surface area contributed by atoms with Gasteiger partial charge >= 0.3 is 0 Å². The van der Waals surface area contributed by atoms with Crippen molar-refractivity contribution in [3.05, 3.63) is 30.1 Å². The second-order valence-electron chi connectivity index (χ2n) is 6.05. The van der Waals surface area contributed by atoms with Gasteiger partial charge in [0.15, 0.2) is 0 Å². The van der Waals surface area contributed by atoms with E-state index in [0.717, 1.165) is 0 Å². The Hall–Kier alpha value is 0.0600. The number of rotatable bonds is 11. The molecule has 0 unspecified atom stereocenters. The van der Waals surface area contributed by atoms with Crippen molar-refractivity contribution in [2.45, 2.75) is 65.5 Å². The minimum atomic E-state index is -0.830. The average molecular weight is 374 g/mol. The number of unbranched alkanes of at least 4 members (excludes halogenated alkanes) is 3. The lowest BCUT2D eigenvalue weighted by Crippen LogP contribution is -3.00. The van der Waals surface area contributed by atoms with E-state index in [-0.39, 0.29) is 17.0 Å². The zero-order chi connectivity index (χ0) is 14.7. The van der Waals surface area contributed by atoms with Crippen molar-refractivity contribution in [1.82, 2.24) is 4.98 Å². The second kappa shape index (κ2) is 12.6. The number of hydrogen-bond acceptors (Lipinski definition) is 1. The standard InChI is InChI=1S/C18H33NP.BrH/c1-4-7-14-20(15-8-5-2,16-9-6-3)17-18-12-10-11-13-19-18;/h10-13H,4-9,14-17H2,1-3H3;1H/q+1;/p-1. The molecule has 0 aliphatic rings. The highest BCUT2D eigenvalue weighted by molar-refractivity contribution is 7.75. The van der Waals surface area contributed by atoms with Crippen LogP contribution in [0.1, 0.15) is 65.0 Å². The number of pyridine rings is 1. The number of nitrogens with zero attached hydrogens (tertiary/aromatic N) is 1. The van der Waals surface area contributed by atoms with Crippen molar-refractivity contribution in [2.75, 3.05) is 18.5 Å². The van der Waals surface area contributed by atoms with E-state index in [0.29, 0.717) is 0 Å². The van der Waals surface area contributed by atoms with Crippen LogP contribution in [0.3, 0.4) is 0 Å². The van der Waals surface area contributed by atoms with Gasteiger partial charge in [0.05, 0.1) is 24.2 Å². The third kappa shape index (κ3) is 8.31. The van der Waals surface area contributed by atoms with Crippen molar-refractivity contribution in [2.24, 2.45) is 0 Å². The molecule has 3 heteroatoms. The molecule has 0 radical (unpaired) electrons. The van der Waals surface area contributed by atoms with Crippen LogP contribution < -0.4 is 17.0 Å². The fourth-order valence-electron chi connectivity index (χ4n) is 2.89. The molecule has 1 rings (SSSR count). The highest BCUT2D eigenvalue weighted by atomic mass is 79.9. The molecule has 1 heterocycles. The van der Waals surface area contributed by atoms with Crippen molar-refractivity contribution in [3.8, 4) is 0 Å². The molecule has 0 aliphatic carbocycles. The van der Waals surface area contributed by atoms with E-state index in [1.54, 1.807) is 0 Å². The van der Waals surface area contributed by atoms with E-state index in [4.69, 9.17) is 0 Å². The smallest absolute Gasteiger partial charge is 0.101 e. The second-order valence-corrected chi connectivity index (χ2v) is 10.4. The monoisotopic (exact) mass is 373 g/mol. The van der Waals surface area contributed by atoms with Gasteiger partial charge in [-0.3, -0.25) is 4.98 Å². The van der Waals surface area contributed by atoms with Crippen molar-refractivity contribution in [1.29, 1.82) is 0 Å². The molecule has 0 atom stereocenters. The molecule has 0 aromatic carbocycles. The molecular weight excluding hydrogens is 341 g/mol. The molecule has 0 N–H and O–H groups in total. The lowest BCUT2D eigenvalue weighted by Gasteiger charge is -2.27. The molecule has 122 valence electrons. The first kappa shape index (κ1) is 21.1. The fourth-order valence-corrected chi connectivity index (χ4v) is 7.87. The molecule has 1 nitrogen and oxygen atoms in total. The minimum Gasteiger partial charge on any atom is -1.00 e. The molecule has 0 saturated carbocycles. The third-order valence-corrected chi connectivity index (χ3v) is 8.97. The van der Waals surface area contributed by atoms with Crippen LogP contribution >= 0.6 is 7.26 Å². The molecule has 0 spiro atoms. The Kier molecular flexibility index (Phi) is 12.6. The Morgan fingerprint density at radius 2 is 1.38 bits per heavy atom. The van der Waals surface area contributed by atoms with Gasteiger partial charge in [-0.25, -0.2) is 0 Å². The van der Waals surface area contributed by atoms with Gasteiger partial charge in [-0.2, -0.15) is 0 Å². The Morgan fingerprint density at radius 1 is 0.857 bits per heavy atom. The molecule has 21 heavy (non-hydrogen) atoms. The molecule has 0 saturated heterocycles. The Labute approximate surface area is 143 Å². The first-order valence-corrected chi connectivity index (χ1v) is 11.0. The Balaban J connectivity index is 0.00000400. The average Bonchev–Trinajstić information content (AvgIpc) is 2.49. The lowest BCUT2D eigenvalue weighted by molar-refractivity contribution is -0.00000462. The van der Waals surface area contributed by atoms with Gasteiger partial charge < -0.3 is 17.0 Å². The predicted octanol–water partition coefficient (Wildman–Crippen LogP) is 3.00. The molecule has 0 bridgehead atoms. The summed E-state index contributed by atoms with van der Waals surface area (Å²) in [6.45, 7) is 6.99. The van der Waals surface area contributed by atoms with Gasteiger partial charge in [-0.1, -0.05) is 46.1 Å². The molecule has 0 fully saturated rings. The highest BCUT2D eigenvalue weighted by Crippen LogP contribution is 2.63. The van der Waals surface area contributed by atoms with Gasteiger partial charge in [0.2, 0.25) is 0 Å². The largest absolute Gasteiger partial charge is 1.00 e. The van der Waals surface area contributed by atoms with Gasteiger partial charge in [0, 0.05) is 13.5 Å². The maximum Gasteiger partial charge on any atom is 0.101 e. The summed E-state index contributed by atoms with van der Waals surface area (Å²) < 4.78 is 0. The summed E-state index contributed by atoms with van der Waals surface area (Å²) in [7, 11) is -0.830. The summed E-state index contributed by atoms with van der Waals surface area (Å²) in [5.41, 5.74) is 1.34. The maximum atomic E-state index is 4.62. The number of aromatic nitrogens is 1. The Morgan fingerprint density at radius 3 is 1.76 bits per heavy atom. The first-order valence-electron chi connectivity index (χ1n) is 8.51. The molecule has 0 aliphatic heterocycles. The highest BCUT2D eigenvalue weighted by Gasteiger charge is 2.35. The van der Waals surface area contributed by atoms with Crippen molar-refractivity contribution >= 4 is 7.26 Å². The zero-order valence-electron chi connectivity index (χ0n) is 14.2. The topological polar surface area (TPSA) is 12.9 Å². The van der Waals surface area contributed by atoms with Crippen molar-refractivity contribution < 1.29 is 17.0 Å². The normalized spacial score (nSPS) is 11.2. The van der Waals surface area contributed by atoms with E-state index in [1.165, 1.54) is 68.9 Å². The van der Waals surface area contributed by atoms with Crippen LogP contribution in [0.25, 0.3) is 0 Å². The maximum absolute atomic E-state index is 4.62. The van der Waals surface area contributed by atoms with Gasteiger partial charge in [-0.05, 0) is 31.4 Å². The predicted molar refractivity (Wildman–Crippen MR) is 94.2 cm³/mol. The van der Waals surface area contributed by atoms with Gasteiger partial charge in [-0.15, -0.1) is 0 Å². The quantitative estimate of drug-likeness (QED) is 0.543. The van der Waals surface area contributed by atoms with Crippen LogP contribution in [-0.2, 0) is 6.16 Å². The van der Waals surface area contributed by atoms with Crippen LogP contribution in [0.4, 0.5) is 0 Å². The summed E-state index contributed by atoms with van der Waals surface area (Å²) in [6, 6.07) is 6.42. The van der Waals surface area contributed by atoms with Crippen LogP contribution in [0.15, 0.2) is 24.4 Å². The lowest BCUT2D eigenvalue weighted by atomic mass is 10.4. The summed E-state index contributed by atoms with van der Waals surface area (Å²) in [5, 5.41) is 0. The molecule has 1 aromatic rings. The van der Waals surface area contributed by atoms with Gasteiger partial charge in [0.1, 0.15) is 6.16 Å². The summed E-state index contributed by atoms with van der Waals surface area (Å²) >= 11 is 0. The van der Waals surface area contributed by atoms with E-state index in [9.17, 15) is 0 Å². The molecular formula is C18H33BrNP. The van der Waals surface area contributed by atoms with Crippen molar-refractivity contribution in [3.63, 3.8) is 0 Å². The van der Waals surface area contributed by atoms with Crippen LogP contribution in [0.2, 0.25) is 0 Å². The van der Waals surface area contributed by atoms with Gasteiger partial charge in [0.25, 0.3) is 0 Å². The third-order valence-electron chi connectivity index (χ3n) is 4.18. The molecule has 1 aromatic heterocycles. The zero-order valence-corrected chi connectivity index (χ0v) is 16.6. The summed E-state index contributed by atoms with van der Waals surface area (Å²) in [5.74, 6) is 0. The number of halogens is 1. The summed E-state index contributed by atoms with van der Waals surface area (Å²) in [4.78, 5) is 4.62. The first-order chi connectivity index (χ1) is 9.76. The van der Waals surface area contributed by atoms with Crippen LogP contribution in [0.5, 0.6) is 0 Å². The number of hydrogen-bond donors (Lipinski definition) is 0. The summed E-state index contributed by atoms with van der Waals surface area (Å²) in [6.07, 6.45) is 15.9. The molecule has 0 amide bonds. The Bertz CT molecular complexity index is 321. The van der Waals surface area contributed by atoms with E-state index >= 15 is 0 Å². The van der Waals surface area contributed by atoms with E-state index in [2.05, 4.69) is 37.9 Å². The van der Waals surface area contributed by atoms with Crippen LogP contribution in [0, 0.1) is 0 Å². The fraction of sp³-hybridized carbons (Fsp3) is 0.722.